The second kappa shape index (κ2) is 6.83. The zero-order valence-electron chi connectivity index (χ0n) is 12.0. The highest BCUT2D eigenvalue weighted by Crippen LogP contribution is 2.48. The average Bonchev–Trinajstić information content (AvgIpc) is 3.25. The van der Waals surface area contributed by atoms with Crippen LogP contribution < -0.4 is 5.32 Å². The lowest BCUT2D eigenvalue weighted by Gasteiger charge is -2.14. The van der Waals surface area contributed by atoms with Gasteiger partial charge in [-0.05, 0) is 36.1 Å². The van der Waals surface area contributed by atoms with E-state index in [0.29, 0.717) is 6.42 Å². The van der Waals surface area contributed by atoms with Gasteiger partial charge in [-0.2, -0.15) is 0 Å². The fourth-order valence-corrected chi connectivity index (χ4v) is 2.40. The van der Waals surface area contributed by atoms with Gasteiger partial charge in [0.15, 0.2) is 0 Å². The third kappa shape index (κ3) is 3.79. The molecule has 120 valence electrons. The van der Waals surface area contributed by atoms with Crippen molar-refractivity contribution < 1.29 is 28.2 Å². The lowest BCUT2D eigenvalue weighted by Crippen LogP contribution is -2.42. The maximum absolute atomic E-state index is 13.6. The number of carboxylic acids is 1. The van der Waals surface area contributed by atoms with Crippen molar-refractivity contribution >= 4 is 11.9 Å². The van der Waals surface area contributed by atoms with Crippen LogP contribution in [-0.2, 0) is 14.3 Å². The van der Waals surface area contributed by atoms with Crippen LogP contribution in [0, 0.1) is 17.6 Å². The highest BCUT2D eigenvalue weighted by atomic mass is 19.1. The predicted octanol–water partition coefficient (Wildman–Crippen LogP) is 1.67. The van der Waals surface area contributed by atoms with Crippen molar-refractivity contribution in [2.24, 2.45) is 5.92 Å². The molecule has 3 unspecified atom stereocenters. The molecule has 3 atom stereocenters. The maximum atomic E-state index is 13.6. The summed E-state index contributed by atoms with van der Waals surface area (Å²) in [7, 11) is 1.43. The number of benzene rings is 1. The lowest BCUT2D eigenvalue weighted by atomic mass is 10.1. The van der Waals surface area contributed by atoms with Crippen LogP contribution in [0.25, 0.3) is 0 Å². The Morgan fingerprint density at radius 3 is 2.82 bits per heavy atom. The number of carbonyl (C=O) groups excluding carboxylic acids is 1. The van der Waals surface area contributed by atoms with Crippen molar-refractivity contribution in [3.63, 3.8) is 0 Å². The van der Waals surface area contributed by atoms with Gasteiger partial charge in [0.1, 0.15) is 17.7 Å². The van der Waals surface area contributed by atoms with Gasteiger partial charge in [-0.15, -0.1) is 0 Å². The van der Waals surface area contributed by atoms with Gasteiger partial charge in [0.05, 0.1) is 0 Å². The number of aliphatic carboxylic acids is 1. The molecule has 7 heteroatoms. The molecule has 0 saturated heterocycles. The molecule has 1 saturated carbocycles. The summed E-state index contributed by atoms with van der Waals surface area (Å²) in [5.74, 6) is -3.67. The number of methoxy groups -OCH3 is 1. The van der Waals surface area contributed by atoms with E-state index in [0.717, 1.165) is 18.2 Å². The first kappa shape index (κ1) is 16.4. The molecule has 2 rings (SSSR count). The first-order valence-corrected chi connectivity index (χ1v) is 6.91. The summed E-state index contributed by atoms with van der Waals surface area (Å²) >= 11 is 0. The van der Waals surface area contributed by atoms with Crippen molar-refractivity contribution in [2.75, 3.05) is 13.7 Å². The van der Waals surface area contributed by atoms with E-state index in [2.05, 4.69) is 5.32 Å². The highest BCUT2D eigenvalue weighted by molar-refractivity contribution is 5.87. The van der Waals surface area contributed by atoms with Crippen LogP contribution in [0.15, 0.2) is 18.2 Å². The normalized spacial score (nSPS) is 21.2. The van der Waals surface area contributed by atoms with Crippen LogP contribution in [0.4, 0.5) is 8.78 Å². The fraction of sp³-hybridized carbons (Fsp3) is 0.467. The molecule has 1 amide bonds. The van der Waals surface area contributed by atoms with E-state index in [9.17, 15) is 18.4 Å². The molecule has 0 spiro atoms. The minimum Gasteiger partial charge on any atom is -0.480 e. The predicted molar refractivity (Wildman–Crippen MR) is 73.3 cm³/mol. The third-order valence-corrected chi connectivity index (χ3v) is 3.71. The third-order valence-electron chi connectivity index (χ3n) is 3.71. The average molecular weight is 313 g/mol. The minimum absolute atomic E-state index is 0.142. The summed E-state index contributed by atoms with van der Waals surface area (Å²) < 4.78 is 31.6. The molecule has 1 aliphatic rings. The number of carbonyl (C=O) groups is 2. The van der Waals surface area contributed by atoms with E-state index in [1.165, 1.54) is 7.11 Å². The van der Waals surface area contributed by atoms with Crippen molar-refractivity contribution in [3.05, 3.63) is 35.4 Å². The van der Waals surface area contributed by atoms with Crippen molar-refractivity contribution in [1.29, 1.82) is 0 Å². The quantitative estimate of drug-likeness (QED) is 0.803. The molecule has 0 aromatic heterocycles. The van der Waals surface area contributed by atoms with E-state index in [4.69, 9.17) is 9.84 Å². The molecule has 1 aliphatic carbocycles. The molecule has 0 aliphatic heterocycles. The number of ether oxygens (including phenoxy) is 1. The molecule has 5 nitrogen and oxygen atoms in total. The van der Waals surface area contributed by atoms with Gasteiger partial charge >= 0.3 is 5.97 Å². The molecule has 22 heavy (non-hydrogen) atoms. The Kier molecular flexibility index (Phi) is 5.07. The molecule has 1 fully saturated rings. The Bertz CT molecular complexity index is 579. The van der Waals surface area contributed by atoms with Crippen molar-refractivity contribution in [3.8, 4) is 0 Å². The van der Waals surface area contributed by atoms with E-state index in [1.807, 2.05) is 0 Å². The molecule has 2 N–H and O–H groups in total. The van der Waals surface area contributed by atoms with Gasteiger partial charge in [0, 0.05) is 26.1 Å². The highest BCUT2D eigenvalue weighted by Gasteiger charge is 2.46. The number of nitrogens with one attached hydrogen (secondary N) is 1. The zero-order chi connectivity index (χ0) is 16.3. The Morgan fingerprint density at radius 2 is 2.18 bits per heavy atom. The monoisotopic (exact) mass is 313 g/mol. The molecule has 1 aromatic carbocycles. The second-order valence-electron chi connectivity index (χ2n) is 5.30. The lowest BCUT2D eigenvalue weighted by molar-refractivity contribution is -0.142. The van der Waals surface area contributed by atoms with E-state index in [-0.39, 0.29) is 18.6 Å². The van der Waals surface area contributed by atoms with E-state index in [1.54, 1.807) is 0 Å². The summed E-state index contributed by atoms with van der Waals surface area (Å²) in [6.45, 7) is 0.198. The summed E-state index contributed by atoms with van der Waals surface area (Å²) in [5, 5.41) is 11.4. The molecule has 1 aromatic rings. The Labute approximate surface area is 126 Å². The maximum Gasteiger partial charge on any atom is 0.326 e. The number of carboxylic acid groups (broad SMARTS) is 1. The number of hydrogen-bond acceptors (Lipinski definition) is 3. The Morgan fingerprint density at radius 1 is 1.45 bits per heavy atom. The van der Waals surface area contributed by atoms with Crippen LogP contribution >= 0.6 is 0 Å². The number of amides is 1. The molecular weight excluding hydrogens is 296 g/mol. The van der Waals surface area contributed by atoms with Gasteiger partial charge in [0.25, 0.3) is 0 Å². The first-order chi connectivity index (χ1) is 10.4. The Hall–Kier alpha value is -2.02. The van der Waals surface area contributed by atoms with Crippen molar-refractivity contribution in [1.82, 2.24) is 5.32 Å². The number of halogens is 2. The summed E-state index contributed by atoms with van der Waals surface area (Å²) in [6.07, 6.45) is 0.520. The van der Waals surface area contributed by atoms with Gasteiger partial charge in [0.2, 0.25) is 5.91 Å². The van der Waals surface area contributed by atoms with E-state index < -0.39 is 41.4 Å². The minimum atomic E-state index is -1.15. The summed E-state index contributed by atoms with van der Waals surface area (Å²) in [4.78, 5) is 23.1. The van der Waals surface area contributed by atoms with Gasteiger partial charge in [-0.1, -0.05) is 0 Å². The fourth-order valence-electron chi connectivity index (χ4n) is 2.40. The zero-order valence-corrected chi connectivity index (χ0v) is 12.0. The first-order valence-electron chi connectivity index (χ1n) is 6.91. The second-order valence-corrected chi connectivity index (χ2v) is 5.30. The number of hydrogen-bond donors (Lipinski definition) is 2. The molecule has 0 heterocycles. The van der Waals surface area contributed by atoms with Gasteiger partial charge in [-0.3, -0.25) is 4.79 Å². The van der Waals surface area contributed by atoms with Crippen LogP contribution in [0.1, 0.15) is 24.3 Å². The van der Waals surface area contributed by atoms with Crippen LogP contribution in [-0.4, -0.2) is 36.7 Å². The van der Waals surface area contributed by atoms with Gasteiger partial charge in [-0.25, -0.2) is 13.6 Å². The summed E-state index contributed by atoms with van der Waals surface area (Å²) in [6, 6.07) is 2.07. The summed E-state index contributed by atoms with van der Waals surface area (Å²) in [5.41, 5.74) is 0.156. The Balaban J connectivity index is 1.97. The largest absolute Gasteiger partial charge is 0.480 e. The van der Waals surface area contributed by atoms with Crippen LogP contribution in [0.2, 0.25) is 0 Å². The van der Waals surface area contributed by atoms with Crippen LogP contribution in [0.5, 0.6) is 0 Å². The van der Waals surface area contributed by atoms with Crippen molar-refractivity contribution in [2.45, 2.75) is 24.8 Å². The van der Waals surface area contributed by atoms with Gasteiger partial charge < -0.3 is 15.2 Å². The van der Waals surface area contributed by atoms with Crippen LogP contribution in [0.3, 0.4) is 0 Å². The molecule has 0 radical (unpaired) electrons. The topological polar surface area (TPSA) is 75.6 Å². The standard InChI is InChI=1S/C15H17F2NO4/c1-22-5-4-13(15(20)21)18-14(19)11-7-9(11)10-6-8(16)2-3-12(10)17/h2-3,6,9,11,13H,4-5,7H2,1H3,(H,18,19)(H,20,21). The number of rotatable bonds is 7. The van der Waals surface area contributed by atoms with E-state index >= 15 is 0 Å². The smallest absolute Gasteiger partial charge is 0.326 e. The molecular formula is C15H17F2NO4. The SMILES string of the molecule is COCCC(NC(=O)C1CC1c1cc(F)ccc1F)C(=O)O. The molecule has 0 bridgehead atoms.